The Hall–Kier alpha value is -1.22. The zero-order chi connectivity index (χ0) is 8.97. The molecule has 0 fully saturated rings. The van der Waals surface area contributed by atoms with Gasteiger partial charge in [-0.1, -0.05) is 6.07 Å². The Balaban J connectivity index is 2.72. The number of methoxy groups -OCH3 is 1. The summed E-state index contributed by atoms with van der Waals surface area (Å²) in [6, 6.07) is 7.35. The summed E-state index contributed by atoms with van der Waals surface area (Å²) < 4.78 is 10.3. The average Bonchev–Trinajstić information content (AvgIpc) is 2.03. The van der Waals surface area contributed by atoms with Crippen molar-refractivity contribution >= 4 is 0 Å². The van der Waals surface area contributed by atoms with Crippen molar-refractivity contribution in [3.63, 3.8) is 0 Å². The lowest BCUT2D eigenvalue weighted by molar-refractivity contribution is 0.229. The molecule has 0 radical (unpaired) electrons. The van der Waals surface area contributed by atoms with Crippen LogP contribution in [0.3, 0.4) is 0 Å². The van der Waals surface area contributed by atoms with Crippen molar-refractivity contribution in [3.8, 4) is 11.5 Å². The van der Waals surface area contributed by atoms with Crippen LogP contribution in [0.4, 0.5) is 0 Å². The lowest BCUT2D eigenvalue weighted by Crippen LogP contribution is -2.22. The minimum absolute atomic E-state index is 0.294. The zero-order valence-electron chi connectivity index (χ0n) is 7.28. The van der Waals surface area contributed by atoms with Crippen molar-refractivity contribution in [2.45, 2.75) is 13.2 Å². The molecule has 0 aliphatic carbocycles. The SMILES string of the molecule is COc1cccc(OC(C)N)c1. The van der Waals surface area contributed by atoms with E-state index in [0.717, 1.165) is 11.5 Å². The molecule has 66 valence electrons. The first-order chi connectivity index (χ1) is 5.72. The normalized spacial score (nSPS) is 12.2. The molecule has 12 heavy (non-hydrogen) atoms. The van der Waals surface area contributed by atoms with Crippen LogP contribution in [0.1, 0.15) is 6.92 Å². The van der Waals surface area contributed by atoms with Crippen LogP contribution in [0, 0.1) is 0 Å². The highest BCUT2D eigenvalue weighted by atomic mass is 16.5. The van der Waals surface area contributed by atoms with Crippen molar-refractivity contribution in [1.82, 2.24) is 0 Å². The van der Waals surface area contributed by atoms with Crippen LogP contribution in [0.25, 0.3) is 0 Å². The van der Waals surface area contributed by atoms with Crippen molar-refractivity contribution < 1.29 is 9.47 Å². The van der Waals surface area contributed by atoms with E-state index >= 15 is 0 Å². The summed E-state index contributed by atoms with van der Waals surface area (Å²) in [5, 5.41) is 0. The van der Waals surface area contributed by atoms with Crippen LogP contribution in [0.15, 0.2) is 24.3 Å². The van der Waals surface area contributed by atoms with E-state index in [1.54, 1.807) is 20.1 Å². The summed E-state index contributed by atoms with van der Waals surface area (Å²) in [6.07, 6.45) is -0.294. The third-order valence-electron chi connectivity index (χ3n) is 1.36. The second-order valence-electron chi connectivity index (χ2n) is 2.50. The molecule has 0 aliphatic heterocycles. The lowest BCUT2D eigenvalue weighted by Gasteiger charge is -2.09. The molecule has 0 amide bonds. The van der Waals surface area contributed by atoms with Gasteiger partial charge in [0.15, 0.2) is 0 Å². The highest BCUT2D eigenvalue weighted by Crippen LogP contribution is 2.18. The van der Waals surface area contributed by atoms with E-state index in [1.165, 1.54) is 0 Å². The minimum atomic E-state index is -0.294. The van der Waals surface area contributed by atoms with Crippen LogP contribution < -0.4 is 15.2 Å². The molecule has 0 saturated carbocycles. The van der Waals surface area contributed by atoms with Gasteiger partial charge in [0, 0.05) is 6.07 Å². The van der Waals surface area contributed by atoms with Gasteiger partial charge in [0.1, 0.15) is 17.7 Å². The van der Waals surface area contributed by atoms with Gasteiger partial charge in [-0.05, 0) is 19.1 Å². The predicted octanol–water partition coefficient (Wildman–Crippen LogP) is 1.38. The largest absolute Gasteiger partial charge is 0.497 e. The van der Waals surface area contributed by atoms with E-state index in [0.29, 0.717) is 0 Å². The van der Waals surface area contributed by atoms with Crippen LogP contribution in [-0.4, -0.2) is 13.3 Å². The number of rotatable bonds is 3. The second-order valence-corrected chi connectivity index (χ2v) is 2.50. The van der Waals surface area contributed by atoms with Crippen LogP contribution in [0.2, 0.25) is 0 Å². The molecule has 1 rings (SSSR count). The van der Waals surface area contributed by atoms with Crippen LogP contribution in [-0.2, 0) is 0 Å². The molecule has 1 unspecified atom stereocenters. The van der Waals surface area contributed by atoms with Gasteiger partial charge in [-0.25, -0.2) is 0 Å². The molecule has 1 aromatic carbocycles. The third-order valence-corrected chi connectivity index (χ3v) is 1.36. The summed E-state index contributed by atoms with van der Waals surface area (Å²) in [6.45, 7) is 1.78. The van der Waals surface area contributed by atoms with E-state index in [4.69, 9.17) is 15.2 Å². The molecule has 0 bridgehead atoms. The molecule has 0 aliphatic rings. The molecule has 0 heterocycles. The first kappa shape index (κ1) is 8.87. The van der Waals surface area contributed by atoms with Gasteiger partial charge in [-0.3, -0.25) is 5.73 Å². The first-order valence-electron chi connectivity index (χ1n) is 3.78. The first-order valence-corrected chi connectivity index (χ1v) is 3.78. The number of hydrogen-bond donors (Lipinski definition) is 1. The molecule has 3 heteroatoms. The van der Waals surface area contributed by atoms with Gasteiger partial charge < -0.3 is 9.47 Å². The third kappa shape index (κ3) is 2.43. The Labute approximate surface area is 72.1 Å². The zero-order valence-corrected chi connectivity index (χ0v) is 7.28. The Morgan fingerprint density at radius 1 is 1.33 bits per heavy atom. The fraction of sp³-hybridized carbons (Fsp3) is 0.333. The van der Waals surface area contributed by atoms with Crippen molar-refractivity contribution in [1.29, 1.82) is 0 Å². The van der Waals surface area contributed by atoms with E-state index in [1.807, 2.05) is 18.2 Å². The Morgan fingerprint density at radius 3 is 2.58 bits per heavy atom. The fourth-order valence-electron chi connectivity index (χ4n) is 0.889. The molecule has 0 saturated heterocycles. The van der Waals surface area contributed by atoms with E-state index in [-0.39, 0.29) is 6.23 Å². The minimum Gasteiger partial charge on any atom is -0.497 e. The van der Waals surface area contributed by atoms with Crippen molar-refractivity contribution in [2.75, 3.05) is 7.11 Å². The van der Waals surface area contributed by atoms with E-state index in [9.17, 15) is 0 Å². The summed E-state index contributed by atoms with van der Waals surface area (Å²) >= 11 is 0. The molecule has 1 aromatic rings. The van der Waals surface area contributed by atoms with Gasteiger partial charge in [0.25, 0.3) is 0 Å². The molecular weight excluding hydrogens is 154 g/mol. The van der Waals surface area contributed by atoms with Gasteiger partial charge in [0.05, 0.1) is 7.11 Å². The number of ether oxygens (including phenoxy) is 2. The van der Waals surface area contributed by atoms with Gasteiger partial charge >= 0.3 is 0 Å². The van der Waals surface area contributed by atoms with Gasteiger partial charge in [-0.2, -0.15) is 0 Å². The molecule has 0 aromatic heterocycles. The van der Waals surface area contributed by atoms with E-state index in [2.05, 4.69) is 0 Å². The Bertz CT molecular complexity index is 248. The Morgan fingerprint density at radius 2 is 2.00 bits per heavy atom. The molecular formula is C9H13NO2. The maximum atomic E-state index is 5.45. The average molecular weight is 167 g/mol. The maximum absolute atomic E-state index is 5.45. The fourth-order valence-corrected chi connectivity index (χ4v) is 0.889. The molecule has 0 spiro atoms. The summed E-state index contributed by atoms with van der Waals surface area (Å²) in [5.41, 5.74) is 5.45. The second kappa shape index (κ2) is 3.97. The molecule has 2 N–H and O–H groups in total. The monoisotopic (exact) mass is 167 g/mol. The standard InChI is InChI=1S/C9H13NO2/c1-7(10)12-9-5-3-4-8(6-9)11-2/h3-7H,10H2,1-2H3. The molecule has 3 nitrogen and oxygen atoms in total. The van der Waals surface area contributed by atoms with Crippen molar-refractivity contribution in [3.05, 3.63) is 24.3 Å². The lowest BCUT2D eigenvalue weighted by atomic mass is 10.3. The summed E-state index contributed by atoms with van der Waals surface area (Å²) in [7, 11) is 1.62. The van der Waals surface area contributed by atoms with Gasteiger partial charge in [0.2, 0.25) is 0 Å². The maximum Gasteiger partial charge on any atom is 0.144 e. The Kier molecular flexibility index (Phi) is 2.94. The van der Waals surface area contributed by atoms with E-state index < -0.39 is 0 Å². The quantitative estimate of drug-likeness (QED) is 0.692. The summed E-state index contributed by atoms with van der Waals surface area (Å²) in [4.78, 5) is 0. The van der Waals surface area contributed by atoms with Gasteiger partial charge in [-0.15, -0.1) is 0 Å². The summed E-state index contributed by atoms with van der Waals surface area (Å²) in [5.74, 6) is 1.50. The topological polar surface area (TPSA) is 44.5 Å². The van der Waals surface area contributed by atoms with Crippen molar-refractivity contribution in [2.24, 2.45) is 5.73 Å². The highest BCUT2D eigenvalue weighted by molar-refractivity contribution is 5.32. The van der Waals surface area contributed by atoms with Crippen LogP contribution in [0.5, 0.6) is 11.5 Å². The highest BCUT2D eigenvalue weighted by Gasteiger charge is 1.98. The predicted molar refractivity (Wildman–Crippen MR) is 47.3 cm³/mol. The number of nitrogens with two attached hydrogens (primary N) is 1. The smallest absolute Gasteiger partial charge is 0.144 e. The number of benzene rings is 1. The molecule has 1 atom stereocenters. The number of hydrogen-bond acceptors (Lipinski definition) is 3. The van der Waals surface area contributed by atoms with Crippen LogP contribution >= 0.6 is 0 Å².